The molecule has 2 heterocycles. The number of nitrogens with one attached hydrogen (secondary N) is 1. The quantitative estimate of drug-likeness (QED) is 0.297. The number of fused-ring (bicyclic) bond motifs is 1. The number of benzene rings is 2. The summed E-state index contributed by atoms with van der Waals surface area (Å²) in [6.45, 7) is 4.33. The molecule has 0 fully saturated rings. The van der Waals surface area contributed by atoms with E-state index in [1.165, 1.54) is 36.4 Å². The highest BCUT2D eigenvalue weighted by Gasteiger charge is 2.18. The van der Waals surface area contributed by atoms with Crippen molar-refractivity contribution in [3.63, 3.8) is 0 Å². The number of thiophene rings is 1. The zero-order valence-corrected chi connectivity index (χ0v) is 17.6. The molecule has 0 saturated carbocycles. The van der Waals surface area contributed by atoms with Crippen molar-refractivity contribution in [3.8, 4) is 16.9 Å². The molecule has 0 aliphatic carbocycles. The molecule has 2 aromatic carbocycles. The highest BCUT2D eigenvalue weighted by Crippen LogP contribution is 2.38. The van der Waals surface area contributed by atoms with Crippen molar-refractivity contribution in [2.75, 3.05) is 12.4 Å². The van der Waals surface area contributed by atoms with Crippen molar-refractivity contribution < 1.29 is 9.66 Å². The maximum atomic E-state index is 11.3. The average molecular weight is 420 g/mol. The topological polar surface area (TPSA) is 90.2 Å². The van der Waals surface area contributed by atoms with E-state index in [4.69, 9.17) is 4.74 Å². The van der Waals surface area contributed by atoms with Gasteiger partial charge in [0.25, 0.3) is 0 Å². The van der Waals surface area contributed by atoms with Crippen LogP contribution in [0.1, 0.15) is 25.3 Å². The molecular formula is C22H20N4O3S. The van der Waals surface area contributed by atoms with E-state index in [9.17, 15) is 10.1 Å². The van der Waals surface area contributed by atoms with Crippen LogP contribution in [-0.4, -0.2) is 22.0 Å². The Morgan fingerprint density at radius 3 is 2.57 bits per heavy atom. The van der Waals surface area contributed by atoms with Crippen molar-refractivity contribution in [2.45, 2.75) is 19.8 Å². The van der Waals surface area contributed by atoms with Crippen LogP contribution in [0.15, 0.2) is 54.2 Å². The normalized spacial score (nSPS) is 11.1. The molecule has 30 heavy (non-hydrogen) atoms. The Morgan fingerprint density at radius 1 is 1.13 bits per heavy atom. The van der Waals surface area contributed by atoms with Gasteiger partial charge in [0.15, 0.2) is 5.75 Å². The van der Waals surface area contributed by atoms with E-state index in [2.05, 4.69) is 58.8 Å². The smallest absolute Gasteiger partial charge is 0.312 e. The summed E-state index contributed by atoms with van der Waals surface area (Å²) in [7, 11) is 1.41. The summed E-state index contributed by atoms with van der Waals surface area (Å²) in [5, 5.41) is 17.5. The number of anilines is 2. The van der Waals surface area contributed by atoms with Crippen LogP contribution in [0.2, 0.25) is 0 Å². The van der Waals surface area contributed by atoms with Crippen molar-refractivity contribution >= 4 is 38.7 Å². The van der Waals surface area contributed by atoms with Gasteiger partial charge in [0, 0.05) is 22.7 Å². The molecular weight excluding hydrogens is 400 g/mol. The van der Waals surface area contributed by atoms with Crippen molar-refractivity contribution in [3.05, 3.63) is 69.8 Å². The largest absolute Gasteiger partial charge is 0.490 e. The second-order valence-corrected chi connectivity index (χ2v) is 7.96. The Balaban J connectivity index is 1.76. The van der Waals surface area contributed by atoms with E-state index in [1.54, 1.807) is 12.1 Å². The minimum Gasteiger partial charge on any atom is -0.490 e. The van der Waals surface area contributed by atoms with Crippen molar-refractivity contribution in [2.24, 2.45) is 0 Å². The molecule has 152 valence electrons. The third-order valence-electron chi connectivity index (χ3n) is 4.90. The molecule has 8 heteroatoms. The van der Waals surface area contributed by atoms with Crippen molar-refractivity contribution in [1.29, 1.82) is 0 Å². The lowest BCUT2D eigenvalue weighted by Gasteiger charge is -2.10. The van der Waals surface area contributed by atoms with Crippen molar-refractivity contribution in [1.82, 2.24) is 9.97 Å². The number of nitro benzene ring substituents is 1. The molecule has 0 saturated heterocycles. The standard InChI is InChI=1S/C22H20N4O3S/c1-13(2)14-4-6-15(7-5-14)17-11-30-22-20(17)21(23-12-24-22)25-16-8-9-19(29-3)18(10-16)26(27)28/h4-13H,1-3H3,(H,23,24,25). The van der Waals surface area contributed by atoms with Gasteiger partial charge in [-0.05, 0) is 29.2 Å². The number of hydrogen-bond donors (Lipinski definition) is 1. The third-order valence-corrected chi connectivity index (χ3v) is 5.78. The lowest BCUT2D eigenvalue weighted by atomic mass is 9.99. The fraction of sp³-hybridized carbons (Fsp3) is 0.182. The lowest BCUT2D eigenvalue weighted by Crippen LogP contribution is -1.98. The van der Waals surface area contributed by atoms with Crippen LogP contribution in [-0.2, 0) is 0 Å². The van der Waals surface area contributed by atoms with E-state index in [1.807, 2.05) is 0 Å². The molecule has 0 spiro atoms. The summed E-state index contributed by atoms with van der Waals surface area (Å²) < 4.78 is 5.08. The fourth-order valence-electron chi connectivity index (χ4n) is 3.28. The van der Waals surface area contributed by atoms with Gasteiger partial charge in [-0.3, -0.25) is 10.1 Å². The summed E-state index contributed by atoms with van der Waals surface area (Å²) in [5.41, 5.74) is 3.82. The number of rotatable bonds is 6. The van der Waals surface area contributed by atoms with Gasteiger partial charge < -0.3 is 10.1 Å². The molecule has 0 atom stereocenters. The van der Waals surface area contributed by atoms with Gasteiger partial charge >= 0.3 is 5.69 Å². The molecule has 4 rings (SSSR count). The zero-order chi connectivity index (χ0) is 21.3. The van der Waals surface area contributed by atoms with Crippen LogP contribution in [0.3, 0.4) is 0 Å². The average Bonchev–Trinajstić information content (AvgIpc) is 3.19. The predicted octanol–water partition coefficient (Wildman–Crippen LogP) is 6.14. The second-order valence-electron chi connectivity index (χ2n) is 7.10. The molecule has 0 radical (unpaired) electrons. The molecule has 0 aliphatic rings. The maximum Gasteiger partial charge on any atom is 0.312 e. The van der Waals surface area contributed by atoms with Gasteiger partial charge in [0.05, 0.1) is 17.4 Å². The van der Waals surface area contributed by atoms with E-state index in [0.717, 1.165) is 21.3 Å². The Kier molecular flexibility index (Phi) is 5.33. The van der Waals surface area contributed by atoms with Crippen LogP contribution >= 0.6 is 11.3 Å². The van der Waals surface area contributed by atoms with Gasteiger partial charge in [0.2, 0.25) is 0 Å². The maximum absolute atomic E-state index is 11.3. The number of nitrogens with zero attached hydrogens (tertiary/aromatic N) is 3. The Bertz CT molecular complexity index is 1220. The SMILES string of the molecule is COc1ccc(Nc2ncnc3scc(-c4ccc(C(C)C)cc4)c23)cc1[N+](=O)[O-]. The number of aromatic nitrogens is 2. The van der Waals surface area contributed by atoms with Crippen LogP contribution in [0.4, 0.5) is 17.2 Å². The lowest BCUT2D eigenvalue weighted by molar-refractivity contribution is -0.385. The van der Waals surface area contributed by atoms with Gasteiger partial charge in [0.1, 0.15) is 17.0 Å². The minimum absolute atomic E-state index is 0.109. The highest BCUT2D eigenvalue weighted by atomic mass is 32.1. The van der Waals surface area contributed by atoms with Crippen LogP contribution in [0, 0.1) is 10.1 Å². The van der Waals surface area contributed by atoms with Gasteiger partial charge in [-0.1, -0.05) is 38.1 Å². The molecule has 0 amide bonds. The molecule has 4 aromatic rings. The second kappa shape index (κ2) is 8.08. The summed E-state index contributed by atoms with van der Waals surface area (Å²) in [6, 6.07) is 13.2. The number of ether oxygens (including phenoxy) is 1. The minimum atomic E-state index is -0.466. The first-order valence-corrected chi connectivity index (χ1v) is 10.3. The third kappa shape index (κ3) is 3.69. The van der Waals surface area contributed by atoms with Gasteiger partial charge in [-0.2, -0.15) is 0 Å². The van der Waals surface area contributed by atoms with E-state index in [-0.39, 0.29) is 11.4 Å². The van der Waals surface area contributed by atoms with Crippen LogP contribution in [0.5, 0.6) is 5.75 Å². The summed E-state index contributed by atoms with van der Waals surface area (Å²) in [4.78, 5) is 20.5. The first kappa shape index (κ1) is 19.8. The summed E-state index contributed by atoms with van der Waals surface area (Å²) in [6.07, 6.45) is 1.49. The van der Waals surface area contributed by atoms with Crippen LogP contribution in [0.25, 0.3) is 21.3 Å². The Morgan fingerprint density at radius 2 is 1.90 bits per heavy atom. The Hall–Kier alpha value is -3.52. The zero-order valence-electron chi connectivity index (χ0n) is 16.7. The predicted molar refractivity (Wildman–Crippen MR) is 120 cm³/mol. The molecule has 0 aliphatic heterocycles. The molecule has 0 bridgehead atoms. The highest BCUT2D eigenvalue weighted by molar-refractivity contribution is 7.17. The van der Waals surface area contributed by atoms with E-state index in [0.29, 0.717) is 17.4 Å². The first-order chi connectivity index (χ1) is 14.5. The molecule has 1 N–H and O–H groups in total. The monoisotopic (exact) mass is 420 g/mol. The summed E-state index contributed by atoms with van der Waals surface area (Å²) >= 11 is 1.54. The molecule has 0 unspecified atom stereocenters. The number of nitro groups is 1. The number of hydrogen-bond acceptors (Lipinski definition) is 7. The van der Waals surface area contributed by atoms with Gasteiger partial charge in [-0.15, -0.1) is 11.3 Å². The van der Waals surface area contributed by atoms with Gasteiger partial charge in [-0.25, -0.2) is 9.97 Å². The van der Waals surface area contributed by atoms with E-state index < -0.39 is 4.92 Å². The molecule has 7 nitrogen and oxygen atoms in total. The molecule has 2 aromatic heterocycles. The Labute approximate surface area is 177 Å². The fourth-order valence-corrected chi connectivity index (χ4v) is 4.19. The van der Waals surface area contributed by atoms with Crippen LogP contribution < -0.4 is 10.1 Å². The summed E-state index contributed by atoms with van der Waals surface area (Å²) in [5.74, 6) is 1.27. The number of methoxy groups -OCH3 is 1. The first-order valence-electron chi connectivity index (χ1n) is 9.40. The van der Waals surface area contributed by atoms with E-state index >= 15 is 0 Å².